The van der Waals surface area contributed by atoms with Gasteiger partial charge in [0.15, 0.2) is 5.96 Å². The van der Waals surface area contributed by atoms with Crippen LogP contribution >= 0.6 is 35.7 Å². The van der Waals surface area contributed by atoms with Gasteiger partial charge in [0, 0.05) is 32.1 Å². The quantitative estimate of drug-likeness (QED) is 0.156. The summed E-state index contributed by atoms with van der Waals surface area (Å²) in [5, 5.41) is 8.82. The van der Waals surface area contributed by atoms with Crippen molar-refractivity contribution in [2.24, 2.45) is 4.99 Å². The van der Waals surface area contributed by atoms with Crippen molar-refractivity contribution in [1.29, 1.82) is 0 Å². The first-order valence-electron chi connectivity index (χ1n) is 7.74. The number of methoxy groups -OCH3 is 1. The van der Waals surface area contributed by atoms with E-state index in [1.54, 1.807) is 38.1 Å². The van der Waals surface area contributed by atoms with E-state index in [1.165, 1.54) is 12.1 Å². The normalized spacial score (nSPS) is 10.8. The maximum Gasteiger partial charge on any atom is 0.239 e. The molecule has 1 aromatic carbocycles. The van der Waals surface area contributed by atoms with Crippen LogP contribution < -0.4 is 16.0 Å². The maximum absolute atomic E-state index is 12.8. The average Bonchev–Trinajstić information content (AvgIpc) is 2.59. The Labute approximate surface area is 169 Å². The lowest BCUT2D eigenvalue weighted by Gasteiger charge is -2.11. The predicted octanol–water partition coefficient (Wildman–Crippen LogP) is 1.85. The number of hydrogen-bond acceptors (Lipinski definition) is 4. The van der Waals surface area contributed by atoms with E-state index < -0.39 is 0 Å². The van der Waals surface area contributed by atoms with Crippen molar-refractivity contribution in [2.45, 2.75) is 11.3 Å². The van der Waals surface area contributed by atoms with E-state index in [9.17, 15) is 9.18 Å². The van der Waals surface area contributed by atoms with Gasteiger partial charge in [-0.3, -0.25) is 9.79 Å². The number of rotatable bonds is 10. The van der Waals surface area contributed by atoms with Crippen molar-refractivity contribution < 1.29 is 13.9 Å². The zero-order chi connectivity index (χ0) is 17.6. The summed E-state index contributed by atoms with van der Waals surface area (Å²) in [5.74, 6) is 1.17. The molecule has 1 aromatic rings. The predicted molar refractivity (Wildman–Crippen MR) is 111 cm³/mol. The minimum atomic E-state index is -0.220. The van der Waals surface area contributed by atoms with Crippen LogP contribution in [0.2, 0.25) is 0 Å². The molecule has 25 heavy (non-hydrogen) atoms. The number of aliphatic imine (C=N–C) groups is 1. The summed E-state index contributed by atoms with van der Waals surface area (Å²) in [6.45, 7) is 1.88. The van der Waals surface area contributed by atoms with E-state index in [4.69, 9.17) is 4.74 Å². The molecule has 0 saturated carbocycles. The molecule has 0 fully saturated rings. The third kappa shape index (κ3) is 12.0. The molecule has 0 aliphatic carbocycles. The van der Waals surface area contributed by atoms with Gasteiger partial charge in [0.05, 0.1) is 13.2 Å². The van der Waals surface area contributed by atoms with Crippen molar-refractivity contribution >= 4 is 47.6 Å². The number of nitrogens with one attached hydrogen (secondary N) is 3. The Bertz CT molecular complexity index is 517. The highest BCUT2D eigenvalue weighted by molar-refractivity contribution is 14.0. The number of guanidine groups is 1. The smallest absolute Gasteiger partial charge is 0.239 e. The van der Waals surface area contributed by atoms with Gasteiger partial charge in [0.1, 0.15) is 5.82 Å². The highest BCUT2D eigenvalue weighted by atomic mass is 127. The lowest BCUT2D eigenvalue weighted by molar-refractivity contribution is -0.120. The Morgan fingerprint density at radius 1 is 1.20 bits per heavy atom. The van der Waals surface area contributed by atoms with Crippen LogP contribution in [0.25, 0.3) is 0 Å². The van der Waals surface area contributed by atoms with Crippen LogP contribution in [-0.2, 0) is 9.53 Å². The van der Waals surface area contributed by atoms with Crippen LogP contribution in [-0.4, -0.2) is 58.0 Å². The molecular weight excluding hydrogens is 458 g/mol. The van der Waals surface area contributed by atoms with Gasteiger partial charge < -0.3 is 20.7 Å². The summed E-state index contributed by atoms with van der Waals surface area (Å²) in [7, 11) is 3.25. The third-order valence-electron chi connectivity index (χ3n) is 2.96. The zero-order valence-electron chi connectivity index (χ0n) is 14.5. The van der Waals surface area contributed by atoms with Crippen LogP contribution in [0.15, 0.2) is 34.2 Å². The van der Waals surface area contributed by atoms with Gasteiger partial charge in [-0.05, 0) is 36.4 Å². The lowest BCUT2D eigenvalue weighted by atomic mass is 10.4. The molecule has 3 N–H and O–H groups in total. The van der Waals surface area contributed by atoms with E-state index in [0.29, 0.717) is 19.1 Å². The van der Waals surface area contributed by atoms with E-state index in [1.807, 2.05) is 0 Å². The number of benzene rings is 1. The topological polar surface area (TPSA) is 74.8 Å². The third-order valence-corrected chi connectivity index (χ3v) is 4.06. The minimum Gasteiger partial charge on any atom is -0.383 e. The van der Waals surface area contributed by atoms with E-state index in [2.05, 4.69) is 20.9 Å². The zero-order valence-corrected chi connectivity index (χ0v) is 17.7. The van der Waals surface area contributed by atoms with Crippen LogP contribution in [0.1, 0.15) is 6.42 Å². The van der Waals surface area contributed by atoms with Crippen LogP contribution in [0.3, 0.4) is 0 Å². The van der Waals surface area contributed by atoms with Crippen LogP contribution in [0, 0.1) is 5.82 Å². The Kier molecular flexibility index (Phi) is 14.6. The number of carbonyl (C=O) groups is 1. The molecule has 0 aromatic heterocycles. The Morgan fingerprint density at radius 3 is 2.56 bits per heavy atom. The van der Waals surface area contributed by atoms with Crippen molar-refractivity contribution in [2.75, 3.05) is 46.2 Å². The number of amides is 1. The fourth-order valence-electron chi connectivity index (χ4n) is 1.74. The average molecular weight is 484 g/mol. The van der Waals surface area contributed by atoms with Gasteiger partial charge in [-0.25, -0.2) is 4.39 Å². The van der Waals surface area contributed by atoms with Gasteiger partial charge >= 0.3 is 0 Å². The molecule has 0 bridgehead atoms. The van der Waals surface area contributed by atoms with E-state index >= 15 is 0 Å². The Balaban J connectivity index is 0.00000576. The highest BCUT2D eigenvalue weighted by Crippen LogP contribution is 2.18. The van der Waals surface area contributed by atoms with Crippen molar-refractivity contribution in [3.05, 3.63) is 30.1 Å². The summed E-state index contributed by atoms with van der Waals surface area (Å²) < 4.78 is 17.7. The Hall–Kier alpha value is -1.07. The number of thioether (sulfide) groups is 1. The number of ether oxygens (including phenoxy) is 1. The second-order valence-corrected chi connectivity index (χ2v) is 6.02. The molecule has 0 saturated heterocycles. The van der Waals surface area contributed by atoms with Crippen LogP contribution in [0.4, 0.5) is 4.39 Å². The van der Waals surface area contributed by atoms with E-state index in [-0.39, 0.29) is 42.2 Å². The van der Waals surface area contributed by atoms with Crippen LogP contribution in [0.5, 0.6) is 0 Å². The molecule has 6 nitrogen and oxygen atoms in total. The van der Waals surface area contributed by atoms with Crippen molar-refractivity contribution in [1.82, 2.24) is 16.0 Å². The summed E-state index contributed by atoms with van der Waals surface area (Å²) in [6.07, 6.45) is 0.919. The van der Waals surface area contributed by atoms with Gasteiger partial charge in [-0.15, -0.1) is 35.7 Å². The highest BCUT2D eigenvalue weighted by Gasteiger charge is 2.02. The van der Waals surface area contributed by atoms with E-state index in [0.717, 1.165) is 23.6 Å². The van der Waals surface area contributed by atoms with Gasteiger partial charge in [-0.1, -0.05) is 0 Å². The molecule has 0 unspecified atom stereocenters. The standard InChI is InChI=1S/C16H25FN4O2S.HI/c1-18-16(21-12-15(22)19-9-10-23-2)20-8-3-11-24-14-6-4-13(17)5-7-14;/h4-7H,3,8-12H2,1-2H3,(H,19,22)(H2,18,20,21);1H. The fraction of sp³-hybridized carbons (Fsp3) is 0.500. The first-order valence-corrected chi connectivity index (χ1v) is 8.72. The minimum absolute atomic E-state index is 0. The summed E-state index contributed by atoms with van der Waals surface area (Å²) in [4.78, 5) is 16.7. The molecule has 1 amide bonds. The van der Waals surface area contributed by atoms with Crippen molar-refractivity contribution in [3.63, 3.8) is 0 Å². The molecule has 0 radical (unpaired) electrons. The summed E-state index contributed by atoms with van der Waals surface area (Å²) in [5.41, 5.74) is 0. The number of halogens is 2. The molecule has 0 atom stereocenters. The Morgan fingerprint density at radius 2 is 1.92 bits per heavy atom. The summed E-state index contributed by atoms with van der Waals surface area (Å²) >= 11 is 1.67. The van der Waals surface area contributed by atoms with Gasteiger partial charge in [0.25, 0.3) is 0 Å². The molecule has 9 heteroatoms. The number of nitrogens with zero attached hydrogens (tertiary/aromatic N) is 1. The molecule has 0 heterocycles. The SMILES string of the molecule is CN=C(NCCCSc1ccc(F)cc1)NCC(=O)NCCOC.I. The number of hydrogen-bond donors (Lipinski definition) is 3. The summed E-state index contributed by atoms with van der Waals surface area (Å²) in [6, 6.07) is 6.47. The second-order valence-electron chi connectivity index (χ2n) is 4.85. The monoisotopic (exact) mass is 484 g/mol. The first kappa shape index (κ1) is 23.9. The van der Waals surface area contributed by atoms with Crippen molar-refractivity contribution in [3.8, 4) is 0 Å². The molecule has 0 aliphatic rings. The van der Waals surface area contributed by atoms with Gasteiger partial charge in [0.2, 0.25) is 5.91 Å². The molecule has 0 spiro atoms. The molecule has 1 rings (SSSR count). The fourth-order valence-corrected chi connectivity index (χ4v) is 2.59. The molecule has 0 aliphatic heterocycles. The largest absolute Gasteiger partial charge is 0.383 e. The number of carbonyl (C=O) groups excluding carboxylic acids is 1. The van der Waals surface area contributed by atoms with Gasteiger partial charge in [-0.2, -0.15) is 0 Å². The second kappa shape index (κ2) is 15.2. The first-order chi connectivity index (χ1) is 11.7. The maximum atomic E-state index is 12.8. The molecule has 142 valence electrons. The molecular formula is C16H26FIN4O2S. The lowest BCUT2D eigenvalue weighted by Crippen LogP contribution is -2.44.